The van der Waals surface area contributed by atoms with Crippen LogP contribution >= 0.6 is 22.7 Å². The van der Waals surface area contributed by atoms with E-state index in [0.717, 1.165) is 27.8 Å². The molecule has 2 nitrogen and oxygen atoms in total. The van der Waals surface area contributed by atoms with Gasteiger partial charge >= 0.3 is 0 Å². The highest BCUT2D eigenvalue weighted by molar-refractivity contribution is 7.11. The van der Waals surface area contributed by atoms with Gasteiger partial charge in [-0.15, -0.1) is 22.7 Å². The lowest BCUT2D eigenvalue weighted by Gasteiger charge is -1.95. The Morgan fingerprint density at radius 2 is 1.04 bits per heavy atom. The summed E-state index contributed by atoms with van der Waals surface area (Å²) in [5.41, 5.74) is 4.43. The zero-order valence-electron chi connectivity index (χ0n) is 12.3. The minimum absolute atomic E-state index is 0.801. The summed E-state index contributed by atoms with van der Waals surface area (Å²) in [6.07, 6.45) is 0.801. The molecule has 0 amide bonds. The van der Waals surface area contributed by atoms with Crippen LogP contribution in [0, 0.1) is 0 Å². The zero-order chi connectivity index (χ0) is 15.5. The standard InChI is InChI=1S/C19H14N2S2/c1-3-7-14(8-4-1)16-12-22-18(20-16)11-19-21-17(13-23-19)15-9-5-2-6-10-15/h1-10,12-13H,11H2. The third kappa shape index (κ3) is 3.23. The van der Waals surface area contributed by atoms with E-state index in [-0.39, 0.29) is 0 Å². The van der Waals surface area contributed by atoms with Crippen LogP contribution in [0.15, 0.2) is 71.4 Å². The van der Waals surface area contributed by atoms with Gasteiger partial charge in [-0.25, -0.2) is 9.97 Å². The second-order valence-electron chi connectivity index (χ2n) is 5.16. The monoisotopic (exact) mass is 334 g/mol. The SMILES string of the molecule is c1ccc(-c2csc(Cc3nc(-c4ccccc4)cs3)n2)cc1. The number of hydrogen-bond donors (Lipinski definition) is 0. The first-order chi connectivity index (χ1) is 11.4. The van der Waals surface area contributed by atoms with E-state index in [2.05, 4.69) is 35.0 Å². The molecule has 0 bridgehead atoms. The highest BCUT2D eigenvalue weighted by atomic mass is 32.1. The summed E-state index contributed by atoms with van der Waals surface area (Å²) in [6.45, 7) is 0. The first kappa shape index (κ1) is 14.3. The van der Waals surface area contributed by atoms with Crippen molar-refractivity contribution in [1.29, 1.82) is 0 Å². The van der Waals surface area contributed by atoms with Crippen molar-refractivity contribution in [2.45, 2.75) is 6.42 Å². The topological polar surface area (TPSA) is 25.8 Å². The molecule has 4 heteroatoms. The van der Waals surface area contributed by atoms with Gasteiger partial charge in [0, 0.05) is 21.9 Å². The van der Waals surface area contributed by atoms with Crippen molar-refractivity contribution >= 4 is 22.7 Å². The minimum atomic E-state index is 0.801. The van der Waals surface area contributed by atoms with E-state index in [4.69, 9.17) is 9.97 Å². The van der Waals surface area contributed by atoms with Gasteiger partial charge < -0.3 is 0 Å². The van der Waals surface area contributed by atoms with Gasteiger partial charge in [0.15, 0.2) is 0 Å². The number of hydrogen-bond acceptors (Lipinski definition) is 4. The Morgan fingerprint density at radius 1 is 0.609 bits per heavy atom. The molecule has 2 aromatic heterocycles. The highest BCUT2D eigenvalue weighted by Crippen LogP contribution is 2.26. The van der Waals surface area contributed by atoms with E-state index in [1.54, 1.807) is 22.7 Å². The van der Waals surface area contributed by atoms with E-state index < -0.39 is 0 Å². The Balaban J connectivity index is 1.53. The van der Waals surface area contributed by atoms with Crippen LogP contribution in [0.5, 0.6) is 0 Å². The van der Waals surface area contributed by atoms with Crippen molar-refractivity contribution in [3.63, 3.8) is 0 Å². The van der Waals surface area contributed by atoms with Gasteiger partial charge in [0.1, 0.15) is 10.0 Å². The van der Waals surface area contributed by atoms with Crippen molar-refractivity contribution in [3.05, 3.63) is 81.4 Å². The molecule has 0 aliphatic heterocycles. The minimum Gasteiger partial charge on any atom is -0.241 e. The maximum atomic E-state index is 4.74. The van der Waals surface area contributed by atoms with Crippen molar-refractivity contribution in [3.8, 4) is 22.5 Å². The molecule has 0 aliphatic rings. The van der Waals surface area contributed by atoms with Gasteiger partial charge in [0.05, 0.1) is 17.8 Å². The van der Waals surface area contributed by atoms with Crippen LogP contribution in [0.1, 0.15) is 10.0 Å². The lowest BCUT2D eigenvalue weighted by atomic mass is 10.2. The van der Waals surface area contributed by atoms with Crippen molar-refractivity contribution in [2.75, 3.05) is 0 Å². The molecule has 0 N–H and O–H groups in total. The van der Waals surface area contributed by atoms with Gasteiger partial charge in [0.2, 0.25) is 0 Å². The van der Waals surface area contributed by atoms with Crippen molar-refractivity contribution in [1.82, 2.24) is 9.97 Å². The summed E-state index contributed by atoms with van der Waals surface area (Å²) in [6, 6.07) is 20.6. The predicted molar refractivity (Wildman–Crippen MR) is 97.9 cm³/mol. The summed E-state index contributed by atoms with van der Waals surface area (Å²) >= 11 is 3.40. The molecule has 0 saturated carbocycles. The van der Waals surface area contributed by atoms with Crippen LogP contribution in [0.25, 0.3) is 22.5 Å². The van der Waals surface area contributed by atoms with Gasteiger partial charge in [0.25, 0.3) is 0 Å². The fourth-order valence-corrected chi connectivity index (χ4v) is 4.10. The van der Waals surface area contributed by atoms with Crippen LogP contribution in [-0.2, 0) is 6.42 Å². The van der Waals surface area contributed by atoms with Gasteiger partial charge in [-0.1, -0.05) is 60.7 Å². The highest BCUT2D eigenvalue weighted by Gasteiger charge is 2.09. The Kier molecular flexibility index (Phi) is 4.01. The average molecular weight is 334 g/mol. The van der Waals surface area contributed by atoms with Crippen LogP contribution in [0.2, 0.25) is 0 Å². The summed E-state index contributed by atoms with van der Waals surface area (Å²) in [7, 11) is 0. The van der Waals surface area contributed by atoms with E-state index >= 15 is 0 Å². The lowest BCUT2D eigenvalue weighted by Crippen LogP contribution is -1.87. The van der Waals surface area contributed by atoms with Crippen LogP contribution in [-0.4, -0.2) is 9.97 Å². The number of thiazole rings is 2. The molecule has 0 aliphatic carbocycles. The summed E-state index contributed by atoms with van der Waals surface area (Å²) < 4.78 is 0. The third-order valence-corrected chi connectivity index (χ3v) is 5.24. The van der Waals surface area contributed by atoms with E-state index in [0.29, 0.717) is 0 Å². The van der Waals surface area contributed by atoms with Gasteiger partial charge in [-0.2, -0.15) is 0 Å². The molecule has 0 unspecified atom stereocenters. The summed E-state index contributed by atoms with van der Waals surface area (Å²) in [5, 5.41) is 6.46. The first-order valence-corrected chi connectivity index (χ1v) is 9.14. The molecule has 0 radical (unpaired) electrons. The second kappa shape index (κ2) is 6.44. The predicted octanol–water partition coefficient (Wildman–Crippen LogP) is 5.52. The molecule has 4 aromatic rings. The molecule has 0 fully saturated rings. The molecule has 112 valence electrons. The van der Waals surface area contributed by atoms with Crippen molar-refractivity contribution in [2.24, 2.45) is 0 Å². The molecule has 0 spiro atoms. The number of aromatic nitrogens is 2. The normalized spacial score (nSPS) is 10.8. The molecular weight excluding hydrogens is 320 g/mol. The quantitative estimate of drug-likeness (QED) is 0.491. The summed E-state index contributed by atoms with van der Waals surface area (Å²) in [4.78, 5) is 9.49. The van der Waals surface area contributed by atoms with Gasteiger partial charge in [-0.3, -0.25) is 0 Å². The molecule has 4 rings (SSSR count). The number of nitrogens with zero attached hydrogens (tertiary/aromatic N) is 2. The fourth-order valence-electron chi connectivity index (χ4n) is 2.40. The van der Waals surface area contributed by atoms with E-state index in [9.17, 15) is 0 Å². The first-order valence-electron chi connectivity index (χ1n) is 7.38. The smallest absolute Gasteiger partial charge is 0.100 e. The second-order valence-corrected chi connectivity index (χ2v) is 7.05. The Bertz CT molecular complexity index is 820. The molecule has 2 aromatic carbocycles. The summed E-state index contributed by atoms with van der Waals surface area (Å²) in [5.74, 6) is 0. The third-order valence-electron chi connectivity index (χ3n) is 3.55. The molecular formula is C19H14N2S2. The zero-order valence-corrected chi connectivity index (χ0v) is 14.0. The van der Waals surface area contributed by atoms with Crippen LogP contribution in [0.4, 0.5) is 0 Å². The molecule has 23 heavy (non-hydrogen) atoms. The van der Waals surface area contributed by atoms with E-state index in [1.807, 2.05) is 36.4 Å². The molecule has 0 saturated heterocycles. The van der Waals surface area contributed by atoms with Crippen LogP contribution < -0.4 is 0 Å². The van der Waals surface area contributed by atoms with E-state index in [1.165, 1.54) is 11.1 Å². The Hall–Kier alpha value is -2.30. The molecule has 0 atom stereocenters. The lowest BCUT2D eigenvalue weighted by molar-refractivity contribution is 1.11. The maximum Gasteiger partial charge on any atom is 0.100 e. The number of rotatable bonds is 4. The molecule has 2 heterocycles. The maximum absolute atomic E-state index is 4.74. The average Bonchev–Trinajstić information content (AvgIpc) is 3.27. The van der Waals surface area contributed by atoms with Crippen molar-refractivity contribution < 1.29 is 0 Å². The largest absolute Gasteiger partial charge is 0.241 e. The van der Waals surface area contributed by atoms with Gasteiger partial charge in [-0.05, 0) is 0 Å². The van der Waals surface area contributed by atoms with Crippen LogP contribution in [0.3, 0.4) is 0 Å². The Morgan fingerprint density at radius 3 is 1.48 bits per heavy atom. The number of benzene rings is 2. The fraction of sp³-hybridized carbons (Fsp3) is 0.0526. The Labute approximate surface area is 143 Å².